The van der Waals surface area contributed by atoms with E-state index in [-0.39, 0.29) is 5.91 Å². The summed E-state index contributed by atoms with van der Waals surface area (Å²) in [5.41, 5.74) is 0. The highest BCUT2D eigenvalue weighted by Crippen LogP contribution is 2.18. The highest BCUT2D eigenvalue weighted by molar-refractivity contribution is 5.75. The Kier molecular flexibility index (Phi) is 4.83. The minimum atomic E-state index is 0.182. The van der Waals surface area contributed by atoms with Crippen LogP contribution in [0.2, 0.25) is 0 Å². The largest absolute Gasteiger partial charge is 0.356 e. The van der Waals surface area contributed by atoms with Gasteiger partial charge in [0.05, 0.1) is 0 Å². The number of hydrogen-bond acceptors (Lipinski definition) is 2. The van der Waals surface area contributed by atoms with E-state index in [2.05, 4.69) is 17.6 Å². The van der Waals surface area contributed by atoms with Gasteiger partial charge in [0.1, 0.15) is 0 Å². The van der Waals surface area contributed by atoms with Crippen LogP contribution in [0.15, 0.2) is 0 Å². The monoisotopic (exact) mass is 184 g/mol. The molecular weight excluding hydrogens is 164 g/mol. The van der Waals surface area contributed by atoms with Gasteiger partial charge in [-0.3, -0.25) is 4.79 Å². The number of carbonyl (C=O) groups is 1. The molecule has 0 bridgehead atoms. The summed E-state index contributed by atoms with van der Waals surface area (Å²) in [6.45, 7) is 3.79. The second-order valence-corrected chi connectivity index (χ2v) is 3.68. The summed E-state index contributed by atoms with van der Waals surface area (Å²) < 4.78 is 0. The van der Waals surface area contributed by atoms with E-state index < -0.39 is 0 Å². The third kappa shape index (κ3) is 5.64. The topological polar surface area (TPSA) is 41.1 Å². The molecule has 1 aliphatic carbocycles. The molecule has 0 radical (unpaired) electrons. The number of unbranched alkanes of at least 4 members (excludes halogenated alkanes) is 1. The Balaban J connectivity index is 1.84. The number of nitrogens with one attached hydrogen (secondary N) is 2. The van der Waals surface area contributed by atoms with Crippen molar-refractivity contribution in [3.05, 3.63) is 0 Å². The van der Waals surface area contributed by atoms with Crippen molar-refractivity contribution in [2.24, 2.45) is 0 Å². The Labute approximate surface area is 80.3 Å². The van der Waals surface area contributed by atoms with E-state index in [1.807, 2.05) is 0 Å². The molecule has 0 aromatic rings. The molecule has 2 N–H and O–H groups in total. The summed E-state index contributed by atoms with van der Waals surface area (Å²) >= 11 is 0. The number of amides is 1. The fraction of sp³-hybridized carbons (Fsp3) is 0.900. The Bertz CT molecular complexity index is 155. The van der Waals surface area contributed by atoms with Crippen molar-refractivity contribution in [2.45, 2.75) is 45.1 Å². The van der Waals surface area contributed by atoms with Gasteiger partial charge in [-0.05, 0) is 19.3 Å². The maximum atomic E-state index is 11.2. The van der Waals surface area contributed by atoms with E-state index in [0.29, 0.717) is 12.5 Å². The average molecular weight is 184 g/mol. The Hall–Kier alpha value is -0.570. The molecule has 0 heterocycles. The molecule has 1 saturated carbocycles. The summed E-state index contributed by atoms with van der Waals surface area (Å²) in [5.74, 6) is 0.182. The van der Waals surface area contributed by atoms with Crippen LogP contribution in [0.1, 0.15) is 39.0 Å². The fourth-order valence-electron chi connectivity index (χ4n) is 1.17. The van der Waals surface area contributed by atoms with E-state index in [1.165, 1.54) is 12.8 Å². The lowest BCUT2D eigenvalue weighted by Gasteiger charge is -2.04. The van der Waals surface area contributed by atoms with Gasteiger partial charge in [-0.1, -0.05) is 13.3 Å². The normalized spacial score (nSPS) is 15.8. The van der Waals surface area contributed by atoms with Gasteiger partial charge in [-0.2, -0.15) is 0 Å². The molecule has 0 atom stereocenters. The van der Waals surface area contributed by atoms with Crippen LogP contribution in [-0.2, 0) is 4.79 Å². The van der Waals surface area contributed by atoms with E-state index in [4.69, 9.17) is 0 Å². The Morgan fingerprint density at radius 1 is 1.38 bits per heavy atom. The summed E-state index contributed by atoms with van der Waals surface area (Å²) in [6.07, 6.45) is 5.43. The minimum absolute atomic E-state index is 0.182. The van der Waals surface area contributed by atoms with Gasteiger partial charge in [0, 0.05) is 25.6 Å². The molecule has 3 heteroatoms. The molecular formula is C10H20N2O. The van der Waals surface area contributed by atoms with Gasteiger partial charge in [-0.15, -0.1) is 0 Å². The molecule has 1 amide bonds. The average Bonchev–Trinajstić information content (AvgIpc) is 2.89. The summed E-state index contributed by atoms with van der Waals surface area (Å²) in [4.78, 5) is 11.2. The van der Waals surface area contributed by atoms with Crippen LogP contribution in [-0.4, -0.2) is 25.0 Å². The third-order valence-electron chi connectivity index (χ3n) is 2.21. The first-order chi connectivity index (χ1) is 6.33. The highest BCUT2D eigenvalue weighted by atomic mass is 16.1. The molecule has 0 aliphatic heterocycles. The zero-order valence-electron chi connectivity index (χ0n) is 8.44. The van der Waals surface area contributed by atoms with E-state index in [0.717, 1.165) is 25.9 Å². The van der Waals surface area contributed by atoms with Crippen LogP contribution >= 0.6 is 0 Å². The second kappa shape index (κ2) is 5.97. The van der Waals surface area contributed by atoms with Gasteiger partial charge < -0.3 is 10.6 Å². The molecule has 3 nitrogen and oxygen atoms in total. The van der Waals surface area contributed by atoms with Crippen molar-refractivity contribution in [3.63, 3.8) is 0 Å². The summed E-state index contributed by atoms with van der Waals surface area (Å²) in [5, 5.41) is 6.22. The second-order valence-electron chi connectivity index (χ2n) is 3.68. The molecule has 0 aromatic carbocycles. The minimum Gasteiger partial charge on any atom is -0.356 e. The predicted molar refractivity (Wildman–Crippen MR) is 53.6 cm³/mol. The number of hydrogen-bond donors (Lipinski definition) is 2. The zero-order chi connectivity index (χ0) is 9.52. The number of rotatable bonds is 7. The van der Waals surface area contributed by atoms with Gasteiger partial charge in [-0.25, -0.2) is 0 Å². The Morgan fingerprint density at radius 3 is 2.77 bits per heavy atom. The van der Waals surface area contributed by atoms with Crippen LogP contribution in [0, 0.1) is 0 Å². The standard InChI is InChI=1S/C10H20N2O/c1-2-3-7-12-10(13)6-8-11-9-4-5-9/h9,11H,2-8H2,1H3,(H,12,13). The number of carbonyl (C=O) groups excluding carboxylic acids is 1. The van der Waals surface area contributed by atoms with Crippen LogP contribution in [0.5, 0.6) is 0 Å². The van der Waals surface area contributed by atoms with Crippen molar-refractivity contribution < 1.29 is 4.79 Å². The lowest BCUT2D eigenvalue weighted by molar-refractivity contribution is -0.121. The van der Waals surface area contributed by atoms with Gasteiger partial charge in [0.25, 0.3) is 0 Å². The molecule has 0 aromatic heterocycles. The molecule has 0 unspecified atom stereocenters. The first-order valence-corrected chi connectivity index (χ1v) is 5.33. The summed E-state index contributed by atoms with van der Waals surface area (Å²) in [7, 11) is 0. The predicted octanol–water partition coefficient (Wildman–Crippen LogP) is 1.04. The van der Waals surface area contributed by atoms with E-state index in [1.54, 1.807) is 0 Å². The zero-order valence-corrected chi connectivity index (χ0v) is 8.44. The van der Waals surface area contributed by atoms with Crippen molar-refractivity contribution in [2.75, 3.05) is 13.1 Å². The maximum absolute atomic E-state index is 11.2. The molecule has 76 valence electrons. The van der Waals surface area contributed by atoms with Crippen LogP contribution in [0.3, 0.4) is 0 Å². The lowest BCUT2D eigenvalue weighted by atomic mass is 10.3. The molecule has 0 saturated heterocycles. The maximum Gasteiger partial charge on any atom is 0.221 e. The van der Waals surface area contributed by atoms with Crippen molar-refractivity contribution in [1.82, 2.24) is 10.6 Å². The molecule has 1 rings (SSSR count). The molecule has 0 spiro atoms. The fourth-order valence-corrected chi connectivity index (χ4v) is 1.17. The molecule has 13 heavy (non-hydrogen) atoms. The first-order valence-electron chi connectivity index (χ1n) is 5.33. The van der Waals surface area contributed by atoms with Gasteiger partial charge in [0.15, 0.2) is 0 Å². The highest BCUT2D eigenvalue weighted by Gasteiger charge is 2.19. The van der Waals surface area contributed by atoms with Crippen molar-refractivity contribution >= 4 is 5.91 Å². The van der Waals surface area contributed by atoms with E-state index >= 15 is 0 Å². The van der Waals surface area contributed by atoms with Gasteiger partial charge in [0.2, 0.25) is 5.91 Å². The van der Waals surface area contributed by atoms with Crippen LogP contribution < -0.4 is 10.6 Å². The first kappa shape index (κ1) is 10.5. The molecule has 1 fully saturated rings. The summed E-state index contributed by atoms with van der Waals surface area (Å²) in [6, 6.07) is 0.712. The van der Waals surface area contributed by atoms with Crippen molar-refractivity contribution in [1.29, 1.82) is 0 Å². The molecule has 1 aliphatic rings. The SMILES string of the molecule is CCCCNC(=O)CCNC1CC1. The quantitative estimate of drug-likeness (QED) is 0.581. The smallest absolute Gasteiger partial charge is 0.221 e. The van der Waals surface area contributed by atoms with Crippen LogP contribution in [0.4, 0.5) is 0 Å². The Morgan fingerprint density at radius 2 is 2.15 bits per heavy atom. The lowest BCUT2D eigenvalue weighted by Crippen LogP contribution is -2.29. The van der Waals surface area contributed by atoms with Crippen molar-refractivity contribution in [3.8, 4) is 0 Å². The van der Waals surface area contributed by atoms with E-state index in [9.17, 15) is 4.79 Å². The van der Waals surface area contributed by atoms with Gasteiger partial charge >= 0.3 is 0 Å². The van der Waals surface area contributed by atoms with Crippen LogP contribution in [0.25, 0.3) is 0 Å². The third-order valence-corrected chi connectivity index (χ3v) is 2.21.